The predicted octanol–water partition coefficient (Wildman–Crippen LogP) is 3.62. The highest BCUT2D eigenvalue weighted by Crippen LogP contribution is 2.30. The third-order valence-corrected chi connectivity index (χ3v) is 5.63. The van der Waals surface area contributed by atoms with E-state index in [-0.39, 0.29) is 5.75 Å². The van der Waals surface area contributed by atoms with E-state index in [0.717, 1.165) is 16.7 Å². The van der Waals surface area contributed by atoms with Crippen molar-refractivity contribution in [3.63, 3.8) is 0 Å². The van der Waals surface area contributed by atoms with Crippen LogP contribution in [0.1, 0.15) is 11.1 Å². The Bertz CT molecular complexity index is 1020. The molecule has 2 aromatic rings. The molecule has 25 heavy (non-hydrogen) atoms. The molecule has 0 atom stereocenters. The Morgan fingerprint density at radius 1 is 1.04 bits per heavy atom. The summed E-state index contributed by atoms with van der Waals surface area (Å²) < 4.78 is 27.8. The van der Waals surface area contributed by atoms with Crippen LogP contribution in [0.2, 0.25) is 0 Å². The van der Waals surface area contributed by atoms with Gasteiger partial charge in [-0.25, -0.2) is 8.42 Å². The van der Waals surface area contributed by atoms with Crippen molar-refractivity contribution in [3.05, 3.63) is 78.0 Å². The first-order valence-corrected chi connectivity index (χ1v) is 9.79. The third-order valence-electron chi connectivity index (χ3n) is 4.48. The first kappa shape index (κ1) is 15.8. The van der Waals surface area contributed by atoms with Gasteiger partial charge in [-0.3, -0.25) is 0 Å². The summed E-state index contributed by atoms with van der Waals surface area (Å²) in [7, 11) is -3.38. The Morgan fingerprint density at radius 3 is 2.60 bits per heavy atom. The monoisotopic (exact) mass is 350 g/mol. The molecular formula is C20H18N2O2S. The summed E-state index contributed by atoms with van der Waals surface area (Å²) in [4.78, 5) is 1.90. The molecule has 0 aliphatic carbocycles. The van der Waals surface area contributed by atoms with Crippen molar-refractivity contribution < 1.29 is 8.42 Å². The van der Waals surface area contributed by atoms with Gasteiger partial charge < -0.3 is 4.90 Å². The van der Waals surface area contributed by atoms with E-state index in [1.165, 1.54) is 11.1 Å². The molecule has 2 heterocycles. The van der Waals surface area contributed by atoms with E-state index >= 15 is 0 Å². The van der Waals surface area contributed by atoms with E-state index in [4.69, 9.17) is 0 Å². The number of nitrogens with zero attached hydrogens (tertiary/aromatic N) is 2. The van der Waals surface area contributed by atoms with Gasteiger partial charge in [-0.2, -0.15) is 0 Å². The molecular weight excluding hydrogens is 332 g/mol. The van der Waals surface area contributed by atoms with E-state index < -0.39 is 10.0 Å². The molecule has 0 saturated carbocycles. The molecule has 0 amide bonds. The van der Waals surface area contributed by atoms with Crippen molar-refractivity contribution >= 4 is 21.4 Å². The highest BCUT2D eigenvalue weighted by Gasteiger charge is 2.27. The number of benzene rings is 2. The van der Waals surface area contributed by atoms with Gasteiger partial charge in [0.2, 0.25) is 0 Å². The maximum atomic E-state index is 11.9. The molecule has 0 fully saturated rings. The summed E-state index contributed by atoms with van der Waals surface area (Å²) in [6, 6.07) is 16.4. The minimum Gasteiger partial charge on any atom is -0.331 e. The van der Waals surface area contributed by atoms with E-state index in [0.29, 0.717) is 12.4 Å². The Hall–Kier alpha value is -2.66. The van der Waals surface area contributed by atoms with Gasteiger partial charge >= 0.3 is 0 Å². The average Bonchev–Trinajstić information content (AvgIpc) is 2.61. The van der Waals surface area contributed by atoms with Gasteiger partial charge in [-0.1, -0.05) is 48.5 Å². The van der Waals surface area contributed by atoms with E-state index in [2.05, 4.69) is 35.6 Å². The van der Waals surface area contributed by atoms with Crippen LogP contribution in [0.15, 0.2) is 71.3 Å². The van der Waals surface area contributed by atoms with Crippen LogP contribution in [0.3, 0.4) is 0 Å². The third kappa shape index (κ3) is 3.03. The van der Waals surface area contributed by atoms with Gasteiger partial charge in [0.1, 0.15) is 0 Å². The zero-order valence-corrected chi connectivity index (χ0v) is 14.7. The highest BCUT2D eigenvalue weighted by molar-refractivity contribution is 7.90. The highest BCUT2D eigenvalue weighted by atomic mass is 32.2. The maximum absolute atomic E-state index is 11.9. The largest absolute Gasteiger partial charge is 0.331 e. The summed E-state index contributed by atoms with van der Waals surface area (Å²) in [5.41, 5.74) is 5.30. The Balaban J connectivity index is 1.77. The lowest BCUT2D eigenvalue weighted by Crippen LogP contribution is -2.37. The maximum Gasteiger partial charge on any atom is 0.256 e. The van der Waals surface area contributed by atoms with Crippen LogP contribution in [0.5, 0.6) is 0 Å². The van der Waals surface area contributed by atoms with Crippen molar-refractivity contribution in [2.45, 2.75) is 6.92 Å². The normalized spacial score (nSPS) is 18.4. The number of hydrogen-bond donors (Lipinski definition) is 0. The summed E-state index contributed by atoms with van der Waals surface area (Å²) in [5.74, 6) is 0.570. The molecule has 4 rings (SSSR count). The molecule has 0 spiro atoms. The van der Waals surface area contributed by atoms with Gasteiger partial charge in [0.15, 0.2) is 5.84 Å². The number of sulfonamides is 1. The van der Waals surface area contributed by atoms with Crippen LogP contribution in [-0.2, 0) is 10.0 Å². The average molecular weight is 350 g/mol. The summed E-state index contributed by atoms with van der Waals surface area (Å²) in [6.07, 6.45) is 5.74. The summed E-state index contributed by atoms with van der Waals surface area (Å²) in [6.45, 7) is 2.51. The first-order chi connectivity index (χ1) is 12.0. The Morgan fingerprint density at radius 2 is 1.84 bits per heavy atom. The molecule has 5 heteroatoms. The molecule has 2 aliphatic heterocycles. The lowest BCUT2D eigenvalue weighted by Gasteiger charge is -2.29. The van der Waals surface area contributed by atoms with Gasteiger partial charge in [-0.15, -0.1) is 4.40 Å². The van der Waals surface area contributed by atoms with Crippen molar-refractivity contribution in [3.8, 4) is 11.1 Å². The molecule has 126 valence electrons. The van der Waals surface area contributed by atoms with Crippen LogP contribution >= 0.6 is 0 Å². The molecule has 0 radical (unpaired) electrons. The fraction of sp³-hybridized carbons (Fsp3) is 0.150. The van der Waals surface area contributed by atoms with Gasteiger partial charge in [-0.05, 0) is 41.3 Å². The molecule has 2 aromatic carbocycles. The summed E-state index contributed by atoms with van der Waals surface area (Å²) >= 11 is 0. The first-order valence-electron chi connectivity index (χ1n) is 8.18. The van der Waals surface area contributed by atoms with E-state index in [1.54, 1.807) is 0 Å². The minimum absolute atomic E-state index is 0.0556. The fourth-order valence-electron chi connectivity index (χ4n) is 3.21. The van der Waals surface area contributed by atoms with Crippen LogP contribution < -0.4 is 0 Å². The molecule has 2 aliphatic rings. The van der Waals surface area contributed by atoms with Crippen LogP contribution in [-0.4, -0.2) is 31.5 Å². The zero-order chi connectivity index (χ0) is 17.4. The lowest BCUT2D eigenvalue weighted by molar-refractivity contribution is 0.550. The second kappa shape index (κ2) is 6.01. The lowest BCUT2D eigenvalue weighted by atomic mass is 9.94. The SMILES string of the molecule is Cc1cc(C2=CC=CN3CCS(=O)(=O)N=C23)ccc1-c1ccccc1. The Kier molecular flexibility index (Phi) is 3.81. The van der Waals surface area contributed by atoms with E-state index in [9.17, 15) is 8.42 Å². The zero-order valence-electron chi connectivity index (χ0n) is 13.9. The van der Waals surface area contributed by atoms with Crippen molar-refractivity contribution in [1.29, 1.82) is 0 Å². The van der Waals surface area contributed by atoms with E-state index in [1.807, 2.05) is 47.5 Å². The number of allylic oxidation sites excluding steroid dienone is 2. The quantitative estimate of drug-likeness (QED) is 0.831. The standard InChI is InChI=1S/C20H18N2O2S/c1-15-14-17(9-10-18(15)16-6-3-2-4-7-16)19-8-5-11-22-12-13-25(23,24)21-20(19)22/h2-11,14H,12-13H2,1H3. The number of hydrogen-bond acceptors (Lipinski definition) is 3. The fourth-order valence-corrected chi connectivity index (χ4v) is 4.20. The molecule has 0 bridgehead atoms. The number of rotatable bonds is 2. The van der Waals surface area contributed by atoms with Crippen molar-refractivity contribution in [2.75, 3.05) is 12.3 Å². The second-order valence-electron chi connectivity index (χ2n) is 6.21. The molecule has 0 aromatic heterocycles. The topological polar surface area (TPSA) is 49.7 Å². The summed E-state index contributed by atoms with van der Waals surface area (Å²) in [5, 5.41) is 0. The van der Waals surface area contributed by atoms with Crippen molar-refractivity contribution in [1.82, 2.24) is 4.90 Å². The predicted molar refractivity (Wildman–Crippen MR) is 102 cm³/mol. The Labute approximate surface area is 147 Å². The van der Waals surface area contributed by atoms with Crippen molar-refractivity contribution in [2.24, 2.45) is 4.40 Å². The smallest absolute Gasteiger partial charge is 0.256 e. The molecule has 0 unspecified atom stereocenters. The number of fused-ring (bicyclic) bond motifs is 1. The number of amidine groups is 1. The van der Waals surface area contributed by atoms with Gasteiger partial charge in [0, 0.05) is 18.3 Å². The molecule has 0 saturated heterocycles. The molecule has 0 N–H and O–H groups in total. The van der Waals surface area contributed by atoms with Crippen LogP contribution in [0.4, 0.5) is 0 Å². The van der Waals surface area contributed by atoms with Crippen LogP contribution in [0, 0.1) is 6.92 Å². The van der Waals surface area contributed by atoms with Gasteiger partial charge in [0.25, 0.3) is 10.0 Å². The van der Waals surface area contributed by atoms with Crippen LogP contribution in [0.25, 0.3) is 16.7 Å². The number of aryl methyl sites for hydroxylation is 1. The molecule has 4 nitrogen and oxygen atoms in total. The minimum atomic E-state index is -3.38. The second-order valence-corrected chi connectivity index (χ2v) is 7.97. The van der Waals surface area contributed by atoms with Gasteiger partial charge in [0.05, 0.1) is 5.75 Å².